The van der Waals surface area contributed by atoms with E-state index in [0.717, 1.165) is 5.69 Å². The Labute approximate surface area is 125 Å². The first-order chi connectivity index (χ1) is 10.1. The summed E-state index contributed by atoms with van der Waals surface area (Å²) in [5.41, 5.74) is 0.824. The number of anilines is 1. The number of amides is 2. The van der Waals surface area contributed by atoms with Crippen molar-refractivity contribution in [2.24, 2.45) is 0 Å². The van der Waals surface area contributed by atoms with E-state index in [1.54, 1.807) is 24.1 Å². The molecule has 1 aliphatic heterocycles. The Morgan fingerprint density at radius 3 is 2.62 bits per heavy atom. The average Bonchev–Trinajstić information content (AvgIpc) is 2.48. The number of rotatable bonds is 4. The van der Waals surface area contributed by atoms with Crippen molar-refractivity contribution in [1.29, 1.82) is 0 Å². The SMILES string of the molecule is COCC(C)NC(=O)N1CCN(c2ccccc2O)CC1. The Kier molecular flexibility index (Phi) is 5.27. The van der Waals surface area contributed by atoms with Crippen molar-refractivity contribution in [3.63, 3.8) is 0 Å². The molecule has 6 heteroatoms. The van der Waals surface area contributed by atoms with Crippen molar-refractivity contribution in [2.75, 3.05) is 44.8 Å². The van der Waals surface area contributed by atoms with Gasteiger partial charge in [0.2, 0.25) is 0 Å². The van der Waals surface area contributed by atoms with E-state index in [4.69, 9.17) is 4.74 Å². The van der Waals surface area contributed by atoms with Crippen LogP contribution in [0.5, 0.6) is 5.75 Å². The summed E-state index contributed by atoms with van der Waals surface area (Å²) in [7, 11) is 1.62. The number of phenolic OH excluding ortho intramolecular Hbond substituents is 1. The maximum atomic E-state index is 12.1. The molecule has 2 rings (SSSR count). The average molecular weight is 293 g/mol. The van der Waals surface area contributed by atoms with Gasteiger partial charge in [0.15, 0.2) is 0 Å². The lowest BCUT2D eigenvalue weighted by Gasteiger charge is -2.36. The topological polar surface area (TPSA) is 65.0 Å². The zero-order chi connectivity index (χ0) is 15.2. The first-order valence-corrected chi connectivity index (χ1v) is 7.19. The number of benzene rings is 1. The molecule has 2 amide bonds. The number of piperazine rings is 1. The lowest BCUT2D eigenvalue weighted by Crippen LogP contribution is -2.53. The van der Waals surface area contributed by atoms with Gasteiger partial charge in [-0.25, -0.2) is 4.79 Å². The third-order valence-corrected chi connectivity index (χ3v) is 3.58. The number of aromatic hydroxyl groups is 1. The first-order valence-electron chi connectivity index (χ1n) is 7.19. The lowest BCUT2D eigenvalue weighted by molar-refractivity contribution is 0.158. The molecule has 0 aromatic heterocycles. The van der Waals surface area contributed by atoms with E-state index in [2.05, 4.69) is 10.2 Å². The standard InChI is InChI=1S/C15H23N3O3/c1-12(11-21-2)16-15(20)18-9-7-17(8-10-18)13-5-3-4-6-14(13)19/h3-6,12,19H,7-11H2,1-2H3,(H,16,20). The van der Waals surface area contributed by atoms with Crippen molar-refractivity contribution >= 4 is 11.7 Å². The van der Waals surface area contributed by atoms with E-state index in [9.17, 15) is 9.90 Å². The van der Waals surface area contributed by atoms with Gasteiger partial charge in [-0.15, -0.1) is 0 Å². The third kappa shape index (κ3) is 4.01. The van der Waals surface area contributed by atoms with Crippen LogP contribution in [0, 0.1) is 0 Å². The van der Waals surface area contributed by atoms with Crippen LogP contribution in [0.2, 0.25) is 0 Å². The van der Waals surface area contributed by atoms with Gasteiger partial charge in [0.05, 0.1) is 18.3 Å². The minimum Gasteiger partial charge on any atom is -0.506 e. The summed E-state index contributed by atoms with van der Waals surface area (Å²) in [6.45, 7) is 5.12. The van der Waals surface area contributed by atoms with Crippen LogP contribution in [0.1, 0.15) is 6.92 Å². The molecule has 1 fully saturated rings. The predicted molar refractivity (Wildman–Crippen MR) is 81.8 cm³/mol. The number of methoxy groups -OCH3 is 1. The number of carbonyl (C=O) groups is 1. The molecule has 1 aromatic carbocycles. The van der Waals surface area contributed by atoms with Crippen molar-refractivity contribution in [1.82, 2.24) is 10.2 Å². The van der Waals surface area contributed by atoms with Gasteiger partial charge < -0.3 is 25.0 Å². The molecule has 2 N–H and O–H groups in total. The van der Waals surface area contributed by atoms with Crippen LogP contribution in [0.3, 0.4) is 0 Å². The molecule has 0 bridgehead atoms. The molecule has 116 valence electrons. The number of ether oxygens (including phenoxy) is 1. The largest absolute Gasteiger partial charge is 0.506 e. The summed E-state index contributed by atoms with van der Waals surface area (Å²) in [6, 6.07) is 7.22. The van der Waals surface area contributed by atoms with E-state index >= 15 is 0 Å². The summed E-state index contributed by atoms with van der Waals surface area (Å²) in [5, 5.41) is 12.8. The van der Waals surface area contributed by atoms with Crippen LogP contribution >= 0.6 is 0 Å². The molecule has 0 radical (unpaired) electrons. The molecule has 1 aliphatic rings. The zero-order valence-electron chi connectivity index (χ0n) is 12.6. The monoisotopic (exact) mass is 293 g/mol. The molecule has 1 atom stereocenters. The van der Waals surface area contributed by atoms with Gasteiger partial charge in [0.1, 0.15) is 5.75 Å². The third-order valence-electron chi connectivity index (χ3n) is 3.58. The maximum Gasteiger partial charge on any atom is 0.317 e. The summed E-state index contributed by atoms with van der Waals surface area (Å²) >= 11 is 0. The number of nitrogens with one attached hydrogen (secondary N) is 1. The molecular formula is C15H23N3O3. The zero-order valence-corrected chi connectivity index (χ0v) is 12.6. The van der Waals surface area contributed by atoms with Gasteiger partial charge in [-0.3, -0.25) is 0 Å². The number of para-hydroxylation sites is 2. The second kappa shape index (κ2) is 7.17. The highest BCUT2D eigenvalue weighted by molar-refractivity contribution is 5.75. The number of carbonyl (C=O) groups excluding carboxylic acids is 1. The second-order valence-corrected chi connectivity index (χ2v) is 5.27. The highest BCUT2D eigenvalue weighted by atomic mass is 16.5. The van der Waals surface area contributed by atoms with E-state index in [0.29, 0.717) is 32.8 Å². The second-order valence-electron chi connectivity index (χ2n) is 5.27. The van der Waals surface area contributed by atoms with Gasteiger partial charge in [0, 0.05) is 33.3 Å². The van der Waals surface area contributed by atoms with E-state index in [-0.39, 0.29) is 17.8 Å². The van der Waals surface area contributed by atoms with E-state index in [1.165, 1.54) is 0 Å². The minimum atomic E-state index is -0.0588. The van der Waals surface area contributed by atoms with Crippen LogP contribution in [0.25, 0.3) is 0 Å². The Morgan fingerprint density at radius 2 is 2.00 bits per heavy atom. The molecule has 0 saturated carbocycles. The summed E-state index contributed by atoms with van der Waals surface area (Å²) in [6.07, 6.45) is 0. The van der Waals surface area contributed by atoms with Crippen molar-refractivity contribution in [3.05, 3.63) is 24.3 Å². The van der Waals surface area contributed by atoms with E-state index < -0.39 is 0 Å². The number of phenols is 1. The fourth-order valence-electron chi connectivity index (χ4n) is 2.48. The van der Waals surface area contributed by atoms with Gasteiger partial charge in [0.25, 0.3) is 0 Å². The molecule has 0 aliphatic carbocycles. The molecule has 1 aromatic rings. The normalized spacial score (nSPS) is 16.7. The Hall–Kier alpha value is -1.95. The maximum absolute atomic E-state index is 12.1. The number of hydrogen-bond donors (Lipinski definition) is 2. The van der Waals surface area contributed by atoms with Crippen molar-refractivity contribution in [3.8, 4) is 5.75 Å². The first kappa shape index (κ1) is 15.4. The van der Waals surface area contributed by atoms with Crippen molar-refractivity contribution < 1.29 is 14.6 Å². The van der Waals surface area contributed by atoms with Crippen LogP contribution < -0.4 is 10.2 Å². The Morgan fingerprint density at radius 1 is 1.33 bits per heavy atom. The van der Waals surface area contributed by atoms with E-state index in [1.807, 2.05) is 19.1 Å². The van der Waals surface area contributed by atoms with Gasteiger partial charge in [-0.05, 0) is 19.1 Å². The van der Waals surface area contributed by atoms with Gasteiger partial charge >= 0.3 is 6.03 Å². The molecule has 6 nitrogen and oxygen atoms in total. The van der Waals surface area contributed by atoms with Gasteiger partial charge in [-0.2, -0.15) is 0 Å². The lowest BCUT2D eigenvalue weighted by atomic mass is 10.2. The highest BCUT2D eigenvalue weighted by Gasteiger charge is 2.23. The predicted octanol–water partition coefficient (Wildman–Crippen LogP) is 1.26. The molecule has 0 spiro atoms. The molecule has 21 heavy (non-hydrogen) atoms. The molecular weight excluding hydrogens is 270 g/mol. The summed E-state index contributed by atoms with van der Waals surface area (Å²) in [4.78, 5) is 16.0. The van der Waals surface area contributed by atoms with Crippen LogP contribution in [0.4, 0.5) is 10.5 Å². The fourth-order valence-corrected chi connectivity index (χ4v) is 2.48. The molecule has 1 unspecified atom stereocenters. The molecule has 1 heterocycles. The highest BCUT2D eigenvalue weighted by Crippen LogP contribution is 2.27. The van der Waals surface area contributed by atoms with Crippen molar-refractivity contribution in [2.45, 2.75) is 13.0 Å². The molecule has 1 saturated heterocycles. The Balaban J connectivity index is 1.86. The van der Waals surface area contributed by atoms with Crippen LogP contribution in [-0.2, 0) is 4.74 Å². The van der Waals surface area contributed by atoms with Crippen LogP contribution in [0.15, 0.2) is 24.3 Å². The van der Waals surface area contributed by atoms with Crippen LogP contribution in [-0.4, -0.2) is 62.0 Å². The van der Waals surface area contributed by atoms with Gasteiger partial charge in [-0.1, -0.05) is 12.1 Å². The summed E-state index contributed by atoms with van der Waals surface area (Å²) in [5.74, 6) is 0.282. The quantitative estimate of drug-likeness (QED) is 0.877. The number of hydrogen-bond acceptors (Lipinski definition) is 4. The Bertz CT molecular complexity index is 473. The smallest absolute Gasteiger partial charge is 0.317 e. The summed E-state index contributed by atoms with van der Waals surface area (Å²) < 4.78 is 5.01. The fraction of sp³-hybridized carbons (Fsp3) is 0.533. The number of nitrogens with zero attached hydrogens (tertiary/aromatic N) is 2. The number of urea groups is 1. The minimum absolute atomic E-state index is 0.00121.